The van der Waals surface area contributed by atoms with Crippen LogP contribution in [0.2, 0.25) is 36.3 Å². The van der Waals surface area contributed by atoms with Crippen molar-refractivity contribution in [1.82, 2.24) is 0 Å². The Bertz CT molecular complexity index is 795. The first kappa shape index (κ1) is 33.3. The molecule has 0 heterocycles. The van der Waals surface area contributed by atoms with Gasteiger partial charge in [0.15, 0.2) is 16.6 Å². The number of aliphatic hydroxyl groups excluding tert-OH is 1. The molecule has 0 unspecified atom stereocenters. The number of ether oxygens (including phenoxy) is 2. The van der Waals surface area contributed by atoms with Crippen LogP contribution in [0.5, 0.6) is 5.75 Å². The Morgan fingerprint density at radius 2 is 1.36 bits per heavy atom. The van der Waals surface area contributed by atoms with Crippen LogP contribution in [0.4, 0.5) is 0 Å². The molecule has 0 bridgehead atoms. The van der Waals surface area contributed by atoms with Crippen LogP contribution in [0.15, 0.2) is 24.3 Å². The average molecular weight is 541 g/mol. The molecular weight excluding hydrogens is 484 g/mol. The van der Waals surface area contributed by atoms with E-state index >= 15 is 0 Å². The van der Waals surface area contributed by atoms with E-state index < -0.39 is 22.2 Å². The van der Waals surface area contributed by atoms with E-state index in [1.165, 1.54) is 0 Å². The van der Waals surface area contributed by atoms with Crippen LogP contribution in [-0.4, -0.2) is 53.3 Å². The Labute approximate surface area is 224 Å². The lowest BCUT2D eigenvalue weighted by atomic mass is 9.84. The summed E-state index contributed by atoms with van der Waals surface area (Å²) in [5, 5.41) is 10.4. The second-order valence-corrected chi connectivity index (χ2v) is 23.0. The summed E-state index contributed by atoms with van der Waals surface area (Å²) >= 11 is 0. The fourth-order valence-corrected chi connectivity index (χ4v) is 7.17. The first-order valence-electron chi connectivity index (χ1n) is 13.5. The molecule has 0 aliphatic rings. The average Bonchev–Trinajstić information content (AvgIpc) is 2.75. The largest absolute Gasteiger partial charge is 0.497 e. The van der Waals surface area contributed by atoms with Gasteiger partial charge in [0.1, 0.15) is 11.4 Å². The zero-order chi connectivity index (χ0) is 28.2. The molecule has 1 aromatic carbocycles. The molecule has 0 saturated heterocycles. The monoisotopic (exact) mass is 540 g/mol. The van der Waals surface area contributed by atoms with Gasteiger partial charge in [-0.25, -0.2) is 0 Å². The maximum absolute atomic E-state index is 10.3. The van der Waals surface area contributed by atoms with E-state index in [0.717, 1.165) is 17.7 Å². The number of hydrogen-bond acceptors (Lipinski definition) is 5. The number of methoxy groups -OCH3 is 1. The third-order valence-corrected chi connectivity index (χ3v) is 17.5. The summed E-state index contributed by atoms with van der Waals surface area (Å²) in [6.07, 6.45) is 0.286. The van der Waals surface area contributed by atoms with E-state index in [2.05, 4.69) is 81.6 Å². The van der Waals surface area contributed by atoms with Gasteiger partial charge in [-0.1, -0.05) is 67.5 Å². The molecule has 1 N–H and O–H groups in total. The highest BCUT2D eigenvalue weighted by Crippen LogP contribution is 2.46. The van der Waals surface area contributed by atoms with Gasteiger partial charge in [-0.15, -0.1) is 0 Å². The lowest BCUT2D eigenvalue weighted by Gasteiger charge is -2.53. The summed E-state index contributed by atoms with van der Waals surface area (Å²) in [6.45, 7) is 29.6. The molecule has 210 valence electrons. The maximum Gasteiger partial charge on any atom is 0.193 e. The predicted octanol–water partition coefficient (Wildman–Crippen LogP) is 7.79. The van der Waals surface area contributed by atoms with Crippen molar-refractivity contribution in [3.8, 4) is 5.75 Å². The van der Waals surface area contributed by atoms with Gasteiger partial charge in [-0.05, 0) is 67.3 Å². The van der Waals surface area contributed by atoms with Crippen LogP contribution < -0.4 is 4.74 Å². The van der Waals surface area contributed by atoms with Crippen LogP contribution in [0, 0.1) is 5.92 Å². The summed E-state index contributed by atoms with van der Waals surface area (Å²) < 4.78 is 26.4. The number of benzene rings is 1. The molecule has 0 saturated carbocycles. The summed E-state index contributed by atoms with van der Waals surface area (Å²) in [6, 6.07) is 7.94. The lowest BCUT2D eigenvalue weighted by Crippen LogP contribution is -2.64. The maximum atomic E-state index is 10.3. The molecule has 0 aliphatic heterocycles. The smallest absolute Gasteiger partial charge is 0.193 e. The molecule has 0 aliphatic carbocycles. The number of rotatable bonds is 13. The molecule has 0 fully saturated rings. The topological polar surface area (TPSA) is 57.2 Å². The van der Waals surface area contributed by atoms with Crippen LogP contribution in [0.1, 0.15) is 74.3 Å². The molecule has 4 atom stereocenters. The number of hydrogen-bond donors (Lipinski definition) is 1. The molecule has 0 radical (unpaired) electrons. The first-order chi connectivity index (χ1) is 16.3. The lowest BCUT2D eigenvalue weighted by molar-refractivity contribution is -0.169. The normalized spacial score (nSPS) is 17.9. The second-order valence-electron chi connectivity index (χ2n) is 13.6. The van der Waals surface area contributed by atoms with Crippen LogP contribution in [0.3, 0.4) is 0 Å². The zero-order valence-corrected chi connectivity index (χ0v) is 27.7. The van der Waals surface area contributed by atoms with Crippen molar-refractivity contribution in [3.63, 3.8) is 0 Å². The van der Waals surface area contributed by atoms with Gasteiger partial charge in [0.05, 0.1) is 25.9 Å². The van der Waals surface area contributed by atoms with Gasteiger partial charge in [-0.2, -0.15) is 0 Å². The van der Waals surface area contributed by atoms with E-state index in [9.17, 15) is 5.11 Å². The molecule has 0 amide bonds. The van der Waals surface area contributed by atoms with Crippen molar-refractivity contribution in [3.05, 3.63) is 29.8 Å². The number of aliphatic hydroxyl groups is 1. The Morgan fingerprint density at radius 3 is 1.75 bits per heavy atom. The van der Waals surface area contributed by atoms with Crippen molar-refractivity contribution in [2.45, 2.75) is 129 Å². The standard InChI is InChI=1S/C29H56O5Si2/c1-15-25(33-35(11,12)27(3,4)5)29(9,34-36(13,14)28(6,7)8)26(22(2)20-30)32-21-23-16-18-24(31-10)19-17-23/h16-19,22,25-26,30H,15,20-21H2,1-14H3/t22-,25+,26+,29+/m0/s1. The molecule has 0 aromatic heterocycles. The third-order valence-electron chi connectivity index (χ3n) is 8.49. The van der Waals surface area contributed by atoms with E-state index in [4.69, 9.17) is 18.3 Å². The SMILES string of the molecule is CC[C@@H](O[Si](C)(C)C(C)(C)C)[C@@](C)(O[Si](C)(C)C(C)(C)C)[C@H](OCc1ccc(OC)cc1)[C@@H](C)CO. The second kappa shape index (κ2) is 12.4. The summed E-state index contributed by atoms with van der Waals surface area (Å²) in [5.74, 6) is 0.689. The van der Waals surface area contributed by atoms with Crippen molar-refractivity contribution in [1.29, 1.82) is 0 Å². The van der Waals surface area contributed by atoms with Crippen molar-refractivity contribution >= 4 is 16.6 Å². The Balaban J connectivity index is 3.56. The van der Waals surface area contributed by atoms with E-state index in [1.807, 2.05) is 31.2 Å². The van der Waals surface area contributed by atoms with Gasteiger partial charge in [0.25, 0.3) is 0 Å². The molecule has 0 spiro atoms. The van der Waals surface area contributed by atoms with Gasteiger partial charge in [0, 0.05) is 12.5 Å². The predicted molar refractivity (Wildman–Crippen MR) is 157 cm³/mol. The highest BCUT2D eigenvalue weighted by Gasteiger charge is 2.54. The summed E-state index contributed by atoms with van der Waals surface area (Å²) in [4.78, 5) is 0. The Kier molecular flexibility index (Phi) is 11.5. The van der Waals surface area contributed by atoms with Gasteiger partial charge in [-0.3, -0.25) is 0 Å². The Morgan fingerprint density at radius 1 is 0.861 bits per heavy atom. The van der Waals surface area contributed by atoms with E-state index in [-0.39, 0.29) is 34.8 Å². The minimum absolute atomic E-state index is 0.0141. The van der Waals surface area contributed by atoms with Crippen LogP contribution in [0.25, 0.3) is 0 Å². The molecule has 36 heavy (non-hydrogen) atoms. The molecule has 5 nitrogen and oxygen atoms in total. The van der Waals surface area contributed by atoms with E-state index in [1.54, 1.807) is 7.11 Å². The minimum Gasteiger partial charge on any atom is -0.497 e. The minimum atomic E-state index is -2.23. The zero-order valence-electron chi connectivity index (χ0n) is 25.7. The van der Waals surface area contributed by atoms with Gasteiger partial charge >= 0.3 is 0 Å². The fraction of sp³-hybridized carbons (Fsp3) is 0.793. The Hall–Kier alpha value is -0.706. The van der Waals surface area contributed by atoms with Gasteiger partial charge < -0.3 is 23.4 Å². The van der Waals surface area contributed by atoms with Crippen LogP contribution in [-0.2, 0) is 20.2 Å². The molecule has 7 heteroatoms. The fourth-order valence-electron chi connectivity index (χ4n) is 4.05. The van der Waals surface area contributed by atoms with Crippen molar-refractivity contribution in [2.75, 3.05) is 13.7 Å². The molecular formula is C29H56O5Si2. The highest BCUT2D eigenvalue weighted by molar-refractivity contribution is 6.74. The quantitative estimate of drug-likeness (QED) is 0.259. The highest BCUT2D eigenvalue weighted by atomic mass is 28.4. The van der Waals surface area contributed by atoms with E-state index in [0.29, 0.717) is 6.61 Å². The molecule has 1 aromatic rings. The van der Waals surface area contributed by atoms with Crippen LogP contribution >= 0.6 is 0 Å². The summed E-state index contributed by atoms with van der Waals surface area (Å²) in [5.41, 5.74) is 0.320. The third kappa shape index (κ3) is 8.14. The first-order valence-corrected chi connectivity index (χ1v) is 19.3. The van der Waals surface area contributed by atoms with Crippen molar-refractivity contribution in [2.24, 2.45) is 5.92 Å². The molecule has 1 rings (SSSR count). The van der Waals surface area contributed by atoms with Gasteiger partial charge in [0.2, 0.25) is 0 Å². The van der Waals surface area contributed by atoms with Crippen molar-refractivity contribution < 1.29 is 23.4 Å². The summed E-state index contributed by atoms with van der Waals surface area (Å²) in [7, 11) is -2.66.